The average Bonchev–Trinajstić information content (AvgIpc) is 2.31. The lowest BCUT2D eigenvalue weighted by Gasteiger charge is -2.00. The Hall–Kier alpha value is -1.32. The van der Waals surface area contributed by atoms with Crippen molar-refractivity contribution in [3.63, 3.8) is 0 Å². The van der Waals surface area contributed by atoms with Gasteiger partial charge in [0.25, 0.3) is 0 Å². The minimum Gasteiger partial charge on any atom is -0.337 e. The average molecular weight is 153 g/mol. The van der Waals surface area contributed by atoms with Crippen molar-refractivity contribution in [2.24, 2.45) is 0 Å². The zero-order valence-corrected chi connectivity index (χ0v) is 6.66. The summed E-state index contributed by atoms with van der Waals surface area (Å²) in [6.07, 6.45) is 1.82. The van der Waals surface area contributed by atoms with Crippen LogP contribution in [0.4, 0.5) is 0 Å². The topological polar surface area (TPSA) is 46.9 Å². The number of amides is 1. The number of carbonyl (C=O) groups excluding carboxylic acids is 1. The van der Waals surface area contributed by atoms with Crippen molar-refractivity contribution < 1.29 is 4.79 Å². The Morgan fingerprint density at radius 1 is 1.82 bits per heavy atom. The Bertz CT molecular complexity index is 254. The first-order chi connectivity index (χ1) is 5.18. The molecule has 0 saturated carbocycles. The fourth-order valence-corrected chi connectivity index (χ4v) is 0.744. The van der Waals surface area contributed by atoms with E-state index < -0.39 is 0 Å². The van der Waals surface area contributed by atoms with Gasteiger partial charge in [0.05, 0.1) is 5.69 Å². The Morgan fingerprint density at radius 2 is 2.55 bits per heavy atom. The normalized spacial score (nSPS) is 9.64. The van der Waals surface area contributed by atoms with Crippen LogP contribution in [0.2, 0.25) is 0 Å². The van der Waals surface area contributed by atoms with Crippen LogP contribution < -0.4 is 5.32 Å². The summed E-state index contributed by atoms with van der Waals surface area (Å²) < 4.78 is 1.68. The molecule has 0 aliphatic rings. The van der Waals surface area contributed by atoms with E-state index in [1.165, 1.54) is 6.92 Å². The number of hydrogen-bond donors (Lipinski definition) is 1. The standard InChI is InChI=1S/C7H11N3O/c1-6-3-4-10(9-6)5-8-7(2)11/h3-4H,5H2,1-2H3,(H,8,11). The third kappa shape index (κ3) is 2.41. The van der Waals surface area contributed by atoms with Gasteiger partial charge in [-0.05, 0) is 13.0 Å². The molecule has 0 unspecified atom stereocenters. The summed E-state index contributed by atoms with van der Waals surface area (Å²) in [6.45, 7) is 3.84. The van der Waals surface area contributed by atoms with Crippen LogP contribution >= 0.6 is 0 Å². The van der Waals surface area contributed by atoms with E-state index in [1.54, 1.807) is 4.68 Å². The third-order valence-corrected chi connectivity index (χ3v) is 1.26. The predicted octanol–water partition coefficient (Wildman–Crippen LogP) is 0.285. The van der Waals surface area contributed by atoms with Crippen molar-refractivity contribution >= 4 is 5.91 Å². The molecule has 4 heteroatoms. The van der Waals surface area contributed by atoms with E-state index in [0.29, 0.717) is 6.67 Å². The van der Waals surface area contributed by atoms with Crippen molar-refractivity contribution in [1.82, 2.24) is 15.1 Å². The van der Waals surface area contributed by atoms with Gasteiger partial charge in [-0.25, -0.2) is 0 Å². The predicted molar refractivity (Wildman–Crippen MR) is 40.8 cm³/mol. The van der Waals surface area contributed by atoms with Crippen molar-refractivity contribution in [3.05, 3.63) is 18.0 Å². The molecule has 1 rings (SSSR count). The molecule has 11 heavy (non-hydrogen) atoms. The van der Waals surface area contributed by atoms with Crippen LogP contribution in [0, 0.1) is 6.92 Å². The van der Waals surface area contributed by atoms with Crippen LogP contribution in [-0.4, -0.2) is 15.7 Å². The van der Waals surface area contributed by atoms with Gasteiger partial charge in [-0.15, -0.1) is 0 Å². The molecule has 0 atom stereocenters. The maximum atomic E-state index is 10.5. The highest BCUT2D eigenvalue weighted by molar-refractivity contribution is 5.72. The van der Waals surface area contributed by atoms with Crippen LogP contribution in [0.25, 0.3) is 0 Å². The van der Waals surface area contributed by atoms with Crippen molar-refractivity contribution in [1.29, 1.82) is 0 Å². The molecule has 0 aliphatic carbocycles. The van der Waals surface area contributed by atoms with Crippen LogP contribution in [0.3, 0.4) is 0 Å². The van der Waals surface area contributed by atoms with E-state index in [9.17, 15) is 4.79 Å². The maximum absolute atomic E-state index is 10.5. The van der Waals surface area contributed by atoms with Gasteiger partial charge in [0.2, 0.25) is 5.91 Å². The van der Waals surface area contributed by atoms with Crippen molar-refractivity contribution in [2.45, 2.75) is 20.5 Å². The molecule has 0 fully saturated rings. The lowest BCUT2D eigenvalue weighted by molar-refractivity contribution is -0.119. The first-order valence-electron chi connectivity index (χ1n) is 3.43. The first-order valence-corrected chi connectivity index (χ1v) is 3.43. The summed E-state index contributed by atoms with van der Waals surface area (Å²) in [5.74, 6) is -0.0434. The molecule has 1 aromatic rings. The molecule has 0 spiro atoms. The second-order valence-corrected chi connectivity index (χ2v) is 2.39. The van der Waals surface area contributed by atoms with E-state index in [-0.39, 0.29) is 5.91 Å². The summed E-state index contributed by atoms with van der Waals surface area (Å²) >= 11 is 0. The highest BCUT2D eigenvalue weighted by atomic mass is 16.1. The zero-order chi connectivity index (χ0) is 8.27. The van der Waals surface area contributed by atoms with E-state index in [0.717, 1.165) is 5.69 Å². The van der Waals surface area contributed by atoms with E-state index in [2.05, 4.69) is 10.4 Å². The summed E-state index contributed by atoms with van der Waals surface area (Å²) in [5.41, 5.74) is 0.954. The molecule has 0 aromatic carbocycles. The van der Waals surface area contributed by atoms with Gasteiger partial charge in [0, 0.05) is 13.1 Å². The van der Waals surface area contributed by atoms with E-state index in [1.807, 2.05) is 19.2 Å². The van der Waals surface area contributed by atoms with Gasteiger partial charge in [-0.3, -0.25) is 9.48 Å². The number of aromatic nitrogens is 2. The Balaban J connectivity index is 2.45. The van der Waals surface area contributed by atoms with Gasteiger partial charge in [0.1, 0.15) is 6.67 Å². The van der Waals surface area contributed by atoms with Gasteiger partial charge in [-0.1, -0.05) is 0 Å². The monoisotopic (exact) mass is 153 g/mol. The molecule has 0 bridgehead atoms. The highest BCUT2D eigenvalue weighted by Gasteiger charge is 1.93. The summed E-state index contributed by atoms with van der Waals surface area (Å²) in [6, 6.07) is 1.89. The molecular formula is C7H11N3O. The van der Waals surface area contributed by atoms with Crippen LogP contribution in [-0.2, 0) is 11.5 Å². The Morgan fingerprint density at radius 3 is 3.00 bits per heavy atom. The summed E-state index contributed by atoms with van der Waals surface area (Å²) in [5, 5.41) is 6.72. The zero-order valence-electron chi connectivity index (χ0n) is 6.66. The number of nitrogens with one attached hydrogen (secondary N) is 1. The largest absolute Gasteiger partial charge is 0.337 e. The van der Waals surface area contributed by atoms with E-state index >= 15 is 0 Å². The molecule has 4 nitrogen and oxygen atoms in total. The van der Waals surface area contributed by atoms with Gasteiger partial charge in [-0.2, -0.15) is 5.10 Å². The minimum atomic E-state index is -0.0434. The fraction of sp³-hybridized carbons (Fsp3) is 0.429. The van der Waals surface area contributed by atoms with E-state index in [4.69, 9.17) is 0 Å². The number of nitrogens with zero attached hydrogens (tertiary/aromatic N) is 2. The SMILES string of the molecule is CC(=O)NCn1ccc(C)n1. The third-order valence-electron chi connectivity index (χ3n) is 1.26. The quantitative estimate of drug-likeness (QED) is 0.663. The first kappa shape index (κ1) is 7.78. The van der Waals surface area contributed by atoms with Gasteiger partial charge >= 0.3 is 0 Å². The molecule has 60 valence electrons. The highest BCUT2D eigenvalue weighted by Crippen LogP contribution is 1.90. The molecular weight excluding hydrogens is 142 g/mol. The Labute approximate surface area is 65.2 Å². The molecule has 0 saturated heterocycles. The van der Waals surface area contributed by atoms with Crippen molar-refractivity contribution in [2.75, 3.05) is 0 Å². The summed E-state index contributed by atoms with van der Waals surface area (Å²) in [7, 11) is 0. The summed E-state index contributed by atoms with van der Waals surface area (Å²) in [4.78, 5) is 10.5. The van der Waals surface area contributed by atoms with Gasteiger partial charge in [0.15, 0.2) is 0 Å². The second-order valence-electron chi connectivity index (χ2n) is 2.39. The maximum Gasteiger partial charge on any atom is 0.218 e. The molecule has 1 heterocycles. The number of aryl methyl sites for hydroxylation is 1. The molecule has 0 radical (unpaired) electrons. The van der Waals surface area contributed by atoms with Crippen molar-refractivity contribution in [3.8, 4) is 0 Å². The molecule has 1 aromatic heterocycles. The Kier molecular flexibility index (Phi) is 2.25. The second kappa shape index (κ2) is 3.18. The lowest BCUT2D eigenvalue weighted by atomic mass is 10.5. The minimum absolute atomic E-state index is 0.0434. The molecule has 0 aliphatic heterocycles. The number of rotatable bonds is 2. The molecule has 1 N–H and O–H groups in total. The number of carbonyl (C=O) groups is 1. The van der Waals surface area contributed by atoms with Crippen LogP contribution in [0.15, 0.2) is 12.3 Å². The van der Waals surface area contributed by atoms with Gasteiger partial charge < -0.3 is 5.32 Å². The fourth-order valence-electron chi connectivity index (χ4n) is 0.744. The number of hydrogen-bond acceptors (Lipinski definition) is 2. The van der Waals surface area contributed by atoms with Crippen LogP contribution in [0.1, 0.15) is 12.6 Å². The smallest absolute Gasteiger partial charge is 0.218 e. The molecule has 1 amide bonds. The lowest BCUT2D eigenvalue weighted by Crippen LogP contribution is -2.23. The van der Waals surface area contributed by atoms with Crippen LogP contribution in [0.5, 0.6) is 0 Å².